The second-order valence-electron chi connectivity index (χ2n) is 14.6. The maximum Gasteiger partial charge on any atom is 0.122 e. The largest absolute Gasteiger partial charge is 0.493 e. The first-order chi connectivity index (χ1) is 14.4. The van der Waals surface area contributed by atoms with E-state index in [2.05, 4.69) is 95.2 Å². The van der Waals surface area contributed by atoms with Gasteiger partial charge in [-0.25, -0.2) is 0 Å². The van der Waals surface area contributed by atoms with Crippen LogP contribution in [-0.4, -0.2) is 18.8 Å². The van der Waals surface area contributed by atoms with Crippen LogP contribution in [0.2, 0.25) is 0 Å². The summed E-state index contributed by atoms with van der Waals surface area (Å²) in [5.41, 5.74) is 5.55. The molecule has 0 N–H and O–H groups in total. The van der Waals surface area contributed by atoms with Gasteiger partial charge in [0.2, 0.25) is 0 Å². The molecule has 0 aromatic heterocycles. The Balaban J connectivity index is 0.000000182. The van der Waals surface area contributed by atoms with Crippen molar-refractivity contribution in [3.05, 3.63) is 28.8 Å². The van der Waals surface area contributed by atoms with Gasteiger partial charge in [0.25, 0.3) is 0 Å². The molecule has 2 bridgehead atoms. The zero-order valence-corrected chi connectivity index (χ0v) is 23.1. The SMILES string of the molecule is CC(C)(C)C1C2CCC(O2)C1C(C)(C)C.CC(C)(C)c1ccc2c(c1C(C)(C)C)CCO2. The molecule has 0 radical (unpaired) electrons. The smallest absolute Gasteiger partial charge is 0.122 e. The zero-order chi connectivity index (χ0) is 24.3. The summed E-state index contributed by atoms with van der Waals surface area (Å²) in [6, 6.07) is 4.41. The van der Waals surface area contributed by atoms with E-state index in [1.54, 1.807) is 0 Å². The molecule has 4 atom stereocenters. The minimum absolute atomic E-state index is 0.182. The van der Waals surface area contributed by atoms with E-state index in [0.717, 1.165) is 30.6 Å². The van der Waals surface area contributed by atoms with Gasteiger partial charge in [0.15, 0.2) is 0 Å². The highest BCUT2D eigenvalue weighted by Gasteiger charge is 2.56. The van der Waals surface area contributed by atoms with E-state index in [9.17, 15) is 0 Å². The van der Waals surface area contributed by atoms with Crippen LogP contribution >= 0.6 is 0 Å². The van der Waals surface area contributed by atoms with Gasteiger partial charge in [-0.2, -0.15) is 0 Å². The number of hydrogen-bond acceptors (Lipinski definition) is 2. The quantitative estimate of drug-likeness (QED) is 0.404. The van der Waals surface area contributed by atoms with Crippen LogP contribution in [0.1, 0.15) is 113 Å². The van der Waals surface area contributed by atoms with Gasteiger partial charge < -0.3 is 9.47 Å². The summed E-state index contributed by atoms with van der Waals surface area (Å²) in [6.45, 7) is 28.9. The molecule has 2 fully saturated rings. The molecule has 3 heterocycles. The fourth-order valence-corrected chi connectivity index (χ4v) is 6.63. The molecule has 182 valence electrons. The Morgan fingerprint density at radius 2 is 1.19 bits per heavy atom. The molecule has 2 nitrogen and oxygen atoms in total. The van der Waals surface area contributed by atoms with Gasteiger partial charge in [0.1, 0.15) is 5.75 Å². The molecule has 3 aliphatic heterocycles. The minimum Gasteiger partial charge on any atom is -0.493 e. The summed E-state index contributed by atoms with van der Waals surface area (Å²) in [6.07, 6.45) is 4.72. The van der Waals surface area contributed by atoms with Crippen molar-refractivity contribution in [2.24, 2.45) is 22.7 Å². The van der Waals surface area contributed by atoms with E-state index < -0.39 is 0 Å². The highest BCUT2D eigenvalue weighted by atomic mass is 16.5. The number of rotatable bonds is 0. The van der Waals surface area contributed by atoms with Crippen LogP contribution < -0.4 is 4.74 Å². The molecule has 2 heteroatoms. The molecular weight excluding hydrogens is 392 g/mol. The molecule has 0 saturated carbocycles. The van der Waals surface area contributed by atoms with Crippen LogP contribution in [0.15, 0.2) is 12.1 Å². The average Bonchev–Trinajstić information content (AvgIpc) is 3.33. The summed E-state index contributed by atoms with van der Waals surface area (Å²) in [5.74, 6) is 2.59. The van der Waals surface area contributed by atoms with Gasteiger partial charge in [-0.3, -0.25) is 0 Å². The summed E-state index contributed by atoms with van der Waals surface area (Å²) in [7, 11) is 0. The van der Waals surface area contributed by atoms with E-state index in [1.807, 2.05) is 0 Å². The second-order valence-corrected chi connectivity index (χ2v) is 14.6. The third-order valence-corrected chi connectivity index (χ3v) is 7.71. The zero-order valence-electron chi connectivity index (χ0n) is 23.1. The van der Waals surface area contributed by atoms with Gasteiger partial charge in [-0.15, -0.1) is 0 Å². The Kier molecular flexibility index (Phi) is 6.66. The predicted molar refractivity (Wildman–Crippen MR) is 137 cm³/mol. The molecule has 1 aromatic carbocycles. The van der Waals surface area contributed by atoms with Crippen molar-refractivity contribution in [2.75, 3.05) is 6.61 Å². The fraction of sp³-hybridized carbons (Fsp3) is 0.800. The number of benzene rings is 1. The third kappa shape index (κ3) is 5.06. The standard InChI is InChI=1S/C16H24O.C14H26O/c1-15(2,3)12-7-8-13-11(9-10-17-13)14(12)16(4,5)6;1-13(2,3)11-9-7-8-10(15-9)12(11)14(4,5)6/h7-8H,9-10H2,1-6H3;9-12H,7-8H2,1-6H3. The van der Waals surface area contributed by atoms with Gasteiger partial charge in [-0.05, 0) is 63.5 Å². The van der Waals surface area contributed by atoms with E-state index in [4.69, 9.17) is 9.47 Å². The Morgan fingerprint density at radius 1 is 0.688 bits per heavy atom. The monoisotopic (exact) mass is 442 g/mol. The van der Waals surface area contributed by atoms with Crippen molar-refractivity contribution in [2.45, 2.75) is 125 Å². The summed E-state index contributed by atoms with van der Waals surface area (Å²) in [5, 5.41) is 0. The molecule has 0 amide bonds. The van der Waals surface area contributed by atoms with Crippen molar-refractivity contribution >= 4 is 0 Å². The molecule has 4 unspecified atom stereocenters. The third-order valence-electron chi connectivity index (χ3n) is 7.71. The van der Waals surface area contributed by atoms with Crippen molar-refractivity contribution < 1.29 is 9.47 Å². The highest BCUT2D eigenvalue weighted by Crippen LogP contribution is 2.56. The fourth-order valence-electron chi connectivity index (χ4n) is 6.63. The van der Waals surface area contributed by atoms with Crippen molar-refractivity contribution in [3.63, 3.8) is 0 Å². The lowest BCUT2D eigenvalue weighted by Crippen LogP contribution is -2.42. The number of fused-ring (bicyclic) bond motifs is 3. The normalized spacial score (nSPS) is 27.6. The number of ether oxygens (including phenoxy) is 2. The van der Waals surface area contributed by atoms with Crippen LogP contribution in [0.5, 0.6) is 5.75 Å². The minimum atomic E-state index is 0.182. The molecular formula is C30H50O2. The first-order valence-corrected chi connectivity index (χ1v) is 12.9. The lowest BCUT2D eigenvalue weighted by Gasteiger charge is -2.44. The predicted octanol–water partition coefficient (Wildman–Crippen LogP) is 8.09. The maximum atomic E-state index is 6.15. The highest BCUT2D eigenvalue weighted by molar-refractivity contribution is 5.52. The Hall–Kier alpha value is -1.02. The number of hydrogen-bond donors (Lipinski definition) is 0. The van der Waals surface area contributed by atoms with Gasteiger partial charge >= 0.3 is 0 Å². The Labute approximate surface area is 198 Å². The lowest BCUT2D eigenvalue weighted by molar-refractivity contribution is 0.0591. The second kappa shape index (κ2) is 8.33. The summed E-state index contributed by atoms with van der Waals surface area (Å²) < 4.78 is 11.9. The van der Waals surface area contributed by atoms with Gasteiger partial charge in [-0.1, -0.05) is 89.2 Å². The Bertz CT molecular complexity index is 781. The molecule has 3 aliphatic rings. The van der Waals surface area contributed by atoms with E-state index in [0.29, 0.717) is 23.0 Å². The molecule has 1 aromatic rings. The van der Waals surface area contributed by atoms with Crippen molar-refractivity contribution in [1.82, 2.24) is 0 Å². The van der Waals surface area contributed by atoms with E-state index >= 15 is 0 Å². The molecule has 2 saturated heterocycles. The summed E-state index contributed by atoms with van der Waals surface area (Å²) in [4.78, 5) is 0. The van der Waals surface area contributed by atoms with E-state index in [1.165, 1.54) is 29.5 Å². The van der Waals surface area contributed by atoms with Crippen LogP contribution in [0.25, 0.3) is 0 Å². The van der Waals surface area contributed by atoms with Crippen LogP contribution in [-0.2, 0) is 22.0 Å². The molecule has 0 aliphatic carbocycles. The van der Waals surface area contributed by atoms with Crippen molar-refractivity contribution in [1.29, 1.82) is 0 Å². The summed E-state index contributed by atoms with van der Waals surface area (Å²) >= 11 is 0. The van der Waals surface area contributed by atoms with Crippen LogP contribution in [0.4, 0.5) is 0 Å². The molecule has 32 heavy (non-hydrogen) atoms. The molecule has 4 rings (SSSR count). The van der Waals surface area contributed by atoms with Crippen molar-refractivity contribution in [3.8, 4) is 5.75 Å². The van der Waals surface area contributed by atoms with E-state index in [-0.39, 0.29) is 10.8 Å². The lowest BCUT2D eigenvalue weighted by atomic mass is 9.59. The maximum absolute atomic E-state index is 6.15. The molecule has 0 spiro atoms. The van der Waals surface area contributed by atoms with Gasteiger partial charge in [0, 0.05) is 12.0 Å². The topological polar surface area (TPSA) is 18.5 Å². The Morgan fingerprint density at radius 3 is 1.59 bits per heavy atom. The average molecular weight is 443 g/mol. The van der Waals surface area contributed by atoms with Crippen LogP contribution in [0.3, 0.4) is 0 Å². The van der Waals surface area contributed by atoms with Crippen LogP contribution in [0, 0.1) is 22.7 Å². The first-order valence-electron chi connectivity index (χ1n) is 12.9. The first kappa shape index (κ1) is 25.6. The van der Waals surface area contributed by atoms with Gasteiger partial charge in [0.05, 0.1) is 18.8 Å².